The van der Waals surface area contributed by atoms with Gasteiger partial charge in [0.2, 0.25) is 5.91 Å². The molecular formula is C16H15N5O2S. The van der Waals surface area contributed by atoms with E-state index in [1.165, 1.54) is 23.5 Å². The molecule has 1 aromatic carbocycles. The normalized spacial score (nSPS) is 16.5. The lowest BCUT2D eigenvalue weighted by Gasteiger charge is -2.22. The molecule has 0 saturated carbocycles. The van der Waals surface area contributed by atoms with Crippen molar-refractivity contribution in [3.63, 3.8) is 0 Å². The highest BCUT2D eigenvalue weighted by atomic mass is 32.2. The van der Waals surface area contributed by atoms with Gasteiger partial charge < -0.3 is 9.88 Å². The Kier molecular flexibility index (Phi) is 3.61. The molecule has 1 amide bonds. The number of amides is 1. The van der Waals surface area contributed by atoms with E-state index in [1.54, 1.807) is 0 Å². The second kappa shape index (κ2) is 5.79. The number of carbonyl (C=O) groups excluding carboxylic acids is 1. The Balaban J connectivity index is 1.53. The highest BCUT2D eigenvalue weighted by Crippen LogP contribution is 2.32. The van der Waals surface area contributed by atoms with E-state index in [9.17, 15) is 9.59 Å². The van der Waals surface area contributed by atoms with Gasteiger partial charge in [-0.1, -0.05) is 30.0 Å². The molecule has 1 atom stereocenters. The summed E-state index contributed by atoms with van der Waals surface area (Å²) in [7, 11) is 0. The van der Waals surface area contributed by atoms with E-state index < -0.39 is 0 Å². The van der Waals surface area contributed by atoms with Crippen molar-refractivity contribution in [3.05, 3.63) is 46.4 Å². The van der Waals surface area contributed by atoms with Gasteiger partial charge in [-0.3, -0.25) is 14.7 Å². The lowest BCUT2D eigenvalue weighted by Crippen LogP contribution is -2.37. The average Bonchev–Trinajstić information content (AvgIpc) is 3.16. The first-order valence-corrected chi connectivity index (χ1v) is 8.58. The largest absolute Gasteiger partial charge is 0.308 e. The summed E-state index contributed by atoms with van der Waals surface area (Å²) in [6.45, 7) is 2.04. The summed E-state index contributed by atoms with van der Waals surface area (Å²) in [6, 6.07) is 8.09. The number of fused-ring (bicyclic) bond motifs is 2. The number of rotatable bonds is 3. The summed E-state index contributed by atoms with van der Waals surface area (Å²) in [4.78, 5) is 33.4. The predicted octanol–water partition coefficient (Wildman–Crippen LogP) is 1.72. The molecule has 2 N–H and O–H groups in total. The monoisotopic (exact) mass is 341 g/mol. The maximum absolute atomic E-state index is 12.7. The summed E-state index contributed by atoms with van der Waals surface area (Å²) < 4.78 is 0. The van der Waals surface area contributed by atoms with Crippen LogP contribution >= 0.6 is 11.8 Å². The number of nitrogens with one attached hydrogen (secondary N) is 2. The lowest BCUT2D eigenvalue weighted by molar-refractivity contribution is -0.116. The number of H-pyrrole nitrogens is 2. The van der Waals surface area contributed by atoms with Gasteiger partial charge in [0.05, 0.1) is 11.9 Å². The van der Waals surface area contributed by atoms with Gasteiger partial charge in [0.25, 0.3) is 5.56 Å². The van der Waals surface area contributed by atoms with Crippen molar-refractivity contribution in [2.75, 3.05) is 10.7 Å². The maximum atomic E-state index is 12.7. The lowest BCUT2D eigenvalue weighted by atomic mass is 10.1. The molecule has 2 aromatic heterocycles. The SMILES string of the molecule is CC1Cc2ccccc2N1C(=O)CSc1nc2[nH]ncc2c(=O)[nH]1. The van der Waals surface area contributed by atoms with E-state index in [2.05, 4.69) is 26.2 Å². The number of aromatic amines is 2. The Labute approximate surface area is 141 Å². The van der Waals surface area contributed by atoms with Gasteiger partial charge in [-0.15, -0.1) is 0 Å². The molecule has 0 radical (unpaired) electrons. The quantitative estimate of drug-likeness (QED) is 0.559. The molecule has 0 fully saturated rings. The molecule has 3 aromatic rings. The molecular weight excluding hydrogens is 326 g/mol. The zero-order valence-corrected chi connectivity index (χ0v) is 13.8. The molecule has 1 unspecified atom stereocenters. The fourth-order valence-electron chi connectivity index (χ4n) is 3.04. The van der Waals surface area contributed by atoms with E-state index in [0.29, 0.717) is 16.2 Å². The van der Waals surface area contributed by atoms with Crippen LogP contribution in [0.4, 0.5) is 5.69 Å². The van der Waals surface area contributed by atoms with Gasteiger partial charge in [-0.25, -0.2) is 4.98 Å². The number of thioether (sulfide) groups is 1. The minimum atomic E-state index is -0.261. The Morgan fingerprint density at radius 2 is 2.25 bits per heavy atom. The van der Waals surface area contributed by atoms with Crippen LogP contribution in [-0.4, -0.2) is 37.9 Å². The molecule has 8 heteroatoms. The summed E-state index contributed by atoms with van der Waals surface area (Å²) in [5, 5.41) is 7.30. The number of benzene rings is 1. The molecule has 0 bridgehead atoms. The second-order valence-electron chi connectivity index (χ2n) is 5.74. The van der Waals surface area contributed by atoms with Crippen molar-refractivity contribution in [3.8, 4) is 0 Å². The summed E-state index contributed by atoms with van der Waals surface area (Å²) in [6.07, 6.45) is 2.30. The fourth-order valence-corrected chi connectivity index (χ4v) is 3.76. The molecule has 0 saturated heterocycles. The van der Waals surface area contributed by atoms with Crippen molar-refractivity contribution in [1.29, 1.82) is 0 Å². The zero-order valence-electron chi connectivity index (χ0n) is 12.9. The summed E-state index contributed by atoms with van der Waals surface area (Å²) >= 11 is 1.22. The number of aromatic nitrogens is 4. The van der Waals surface area contributed by atoms with E-state index in [4.69, 9.17) is 0 Å². The Morgan fingerprint density at radius 3 is 3.12 bits per heavy atom. The van der Waals surface area contributed by atoms with Crippen LogP contribution in [0, 0.1) is 0 Å². The smallest absolute Gasteiger partial charge is 0.262 e. The van der Waals surface area contributed by atoms with Crippen molar-refractivity contribution in [2.45, 2.75) is 24.5 Å². The van der Waals surface area contributed by atoms with Crippen LogP contribution in [0.5, 0.6) is 0 Å². The van der Waals surface area contributed by atoms with E-state index >= 15 is 0 Å². The Morgan fingerprint density at radius 1 is 1.42 bits per heavy atom. The van der Waals surface area contributed by atoms with Crippen LogP contribution in [0.1, 0.15) is 12.5 Å². The number of carbonyl (C=O) groups is 1. The molecule has 3 heterocycles. The highest BCUT2D eigenvalue weighted by molar-refractivity contribution is 7.99. The molecule has 1 aliphatic rings. The van der Waals surface area contributed by atoms with Crippen LogP contribution in [0.25, 0.3) is 11.0 Å². The second-order valence-corrected chi connectivity index (χ2v) is 6.70. The average molecular weight is 341 g/mol. The topological polar surface area (TPSA) is 94.7 Å². The van der Waals surface area contributed by atoms with E-state index in [1.807, 2.05) is 30.0 Å². The third-order valence-electron chi connectivity index (χ3n) is 4.11. The van der Waals surface area contributed by atoms with Gasteiger partial charge in [0.1, 0.15) is 5.39 Å². The van der Waals surface area contributed by atoms with Gasteiger partial charge >= 0.3 is 0 Å². The van der Waals surface area contributed by atoms with Crippen LogP contribution in [0.15, 0.2) is 40.4 Å². The van der Waals surface area contributed by atoms with Crippen molar-refractivity contribution in [2.24, 2.45) is 0 Å². The Bertz CT molecular complexity index is 980. The molecule has 24 heavy (non-hydrogen) atoms. The first-order valence-electron chi connectivity index (χ1n) is 7.59. The third kappa shape index (κ3) is 2.48. The van der Waals surface area contributed by atoms with Crippen molar-refractivity contribution < 1.29 is 4.79 Å². The number of nitrogens with zero attached hydrogens (tertiary/aromatic N) is 3. The number of para-hydroxylation sites is 1. The summed E-state index contributed by atoms with van der Waals surface area (Å²) in [5.41, 5.74) is 2.33. The van der Waals surface area contributed by atoms with Gasteiger partial charge in [0.15, 0.2) is 10.8 Å². The minimum absolute atomic E-state index is 0.00445. The minimum Gasteiger partial charge on any atom is -0.308 e. The molecule has 0 aliphatic carbocycles. The standard InChI is InChI=1S/C16H15N5O2S/c1-9-6-10-4-2-3-5-12(10)21(9)13(22)8-24-16-18-14-11(7-17-20-14)15(23)19-16/h2-5,7,9H,6,8H2,1H3,(H2,17,18,19,20,23). The van der Waals surface area contributed by atoms with Gasteiger partial charge in [-0.05, 0) is 25.0 Å². The number of hydrogen-bond donors (Lipinski definition) is 2. The molecule has 4 rings (SSSR count). The first-order chi connectivity index (χ1) is 11.6. The fraction of sp³-hybridized carbons (Fsp3) is 0.250. The molecule has 122 valence electrons. The zero-order chi connectivity index (χ0) is 16.7. The Hall–Kier alpha value is -2.61. The highest BCUT2D eigenvalue weighted by Gasteiger charge is 2.30. The third-order valence-corrected chi connectivity index (χ3v) is 4.96. The molecule has 1 aliphatic heterocycles. The number of hydrogen-bond acceptors (Lipinski definition) is 5. The van der Waals surface area contributed by atoms with E-state index in [0.717, 1.165) is 12.1 Å². The predicted molar refractivity (Wildman–Crippen MR) is 92.3 cm³/mol. The van der Waals surface area contributed by atoms with Crippen LogP contribution in [0.2, 0.25) is 0 Å². The van der Waals surface area contributed by atoms with Crippen LogP contribution in [0.3, 0.4) is 0 Å². The number of anilines is 1. The molecule has 0 spiro atoms. The van der Waals surface area contributed by atoms with Crippen molar-refractivity contribution >= 4 is 34.4 Å². The maximum Gasteiger partial charge on any atom is 0.262 e. The van der Waals surface area contributed by atoms with Crippen LogP contribution in [-0.2, 0) is 11.2 Å². The van der Waals surface area contributed by atoms with Crippen LogP contribution < -0.4 is 10.5 Å². The molecule has 7 nitrogen and oxygen atoms in total. The first kappa shape index (κ1) is 14.9. The summed E-state index contributed by atoms with van der Waals surface area (Å²) in [5.74, 6) is 0.214. The van der Waals surface area contributed by atoms with Gasteiger partial charge in [-0.2, -0.15) is 5.10 Å². The van der Waals surface area contributed by atoms with E-state index in [-0.39, 0.29) is 23.3 Å². The van der Waals surface area contributed by atoms with Gasteiger partial charge in [0, 0.05) is 11.7 Å². The van der Waals surface area contributed by atoms with Crippen molar-refractivity contribution in [1.82, 2.24) is 20.2 Å².